The zero-order valence-corrected chi connectivity index (χ0v) is 12.3. The Morgan fingerprint density at radius 1 is 1.21 bits per heavy atom. The molecule has 106 valence electrons. The summed E-state index contributed by atoms with van der Waals surface area (Å²) in [6, 6.07) is 9.01. The third kappa shape index (κ3) is 4.22. The molecule has 1 aromatic carbocycles. The number of hydrogen-bond acceptors (Lipinski definition) is 3. The maximum absolute atomic E-state index is 5.97. The molecular formula is C16H27N3. The fourth-order valence-corrected chi connectivity index (χ4v) is 2.91. The molecule has 1 aliphatic rings. The predicted octanol–water partition coefficient (Wildman–Crippen LogP) is 2.23. The molecule has 1 aromatic rings. The highest BCUT2D eigenvalue weighted by Gasteiger charge is 2.19. The molecule has 0 aliphatic carbocycles. The summed E-state index contributed by atoms with van der Waals surface area (Å²) in [7, 11) is 4.39. The summed E-state index contributed by atoms with van der Waals surface area (Å²) in [5.74, 6) is 0. The van der Waals surface area contributed by atoms with E-state index in [1.165, 1.54) is 44.5 Å². The van der Waals surface area contributed by atoms with Gasteiger partial charge in [-0.2, -0.15) is 0 Å². The number of benzene rings is 1. The fourth-order valence-electron chi connectivity index (χ4n) is 2.91. The van der Waals surface area contributed by atoms with Crippen molar-refractivity contribution in [2.45, 2.75) is 31.7 Å². The van der Waals surface area contributed by atoms with Gasteiger partial charge in [0, 0.05) is 11.7 Å². The average molecular weight is 261 g/mol. The molecule has 3 nitrogen and oxygen atoms in total. The van der Waals surface area contributed by atoms with Crippen LogP contribution in [0.15, 0.2) is 24.3 Å². The first-order valence-electron chi connectivity index (χ1n) is 7.39. The molecule has 0 aromatic heterocycles. The van der Waals surface area contributed by atoms with Crippen molar-refractivity contribution in [1.82, 2.24) is 9.80 Å². The van der Waals surface area contributed by atoms with Gasteiger partial charge in [0.25, 0.3) is 0 Å². The first-order chi connectivity index (χ1) is 9.16. The van der Waals surface area contributed by atoms with Gasteiger partial charge in [0.1, 0.15) is 0 Å². The number of nitrogens with two attached hydrogens (primary N) is 1. The summed E-state index contributed by atoms with van der Waals surface area (Å²) in [6.45, 7) is 3.69. The minimum atomic E-state index is 0.779. The van der Waals surface area contributed by atoms with Crippen LogP contribution in [-0.4, -0.2) is 49.6 Å². The number of para-hydroxylation sites is 1. The molecular weight excluding hydrogens is 234 g/mol. The number of nitrogens with zero attached hydrogens (tertiary/aromatic N) is 2. The molecule has 2 N–H and O–H groups in total. The molecule has 0 bridgehead atoms. The van der Waals surface area contributed by atoms with Gasteiger partial charge in [-0.15, -0.1) is 0 Å². The van der Waals surface area contributed by atoms with E-state index in [0.717, 1.165) is 18.2 Å². The molecule has 1 heterocycles. The second-order valence-corrected chi connectivity index (χ2v) is 5.84. The summed E-state index contributed by atoms with van der Waals surface area (Å²) < 4.78 is 0. The number of piperidine rings is 1. The molecule has 1 aliphatic heterocycles. The molecule has 0 spiro atoms. The van der Waals surface area contributed by atoms with Crippen LogP contribution >= 0.6 is 0 Å². The predicted molar refractivity (Wildman–Crippen MR) is 82.3 cm³/mol. The van der Waals surface area contributed by atoms with Gasteiger partial charge in [-0.1, -0.05) is 18.2 Å². The topological polar surface area (TPSA) is 32.5 Å². The van der Waals surface area contributed by atoms with Gasteiger partial charge in [-0.05, 0) is 71.0 Å². The van der Waals surface area contributed by atoms with Crippen LogP contribution in [0.4, 0.5) is 5.69 Å². The molecule has 1 saturated heterocycles. The van der Waals surface area contributed by atoms with E-state index in [0.29, 0.717) is 0 Å². The first-order valence-corrected chi connectivity index (χ1v) is 7.39. The second kappa shape index (κ2) is 6.92. The van der Waals surface area contributed by atoms with Crippen LogP contribution < -0.4 is 5.73 Å². The number of hydrogen-bond donors (Lipinski definition) is 1. The Morgan fingerprint density at radius 3 is 2.53 bits per heavy atom. The summed E-state index contributed by atoms with van der Waals surface area (Å²) in [5, 5.41) is 0. The van der Waals surface area contributed by atoms with Crippen LogP contribution in [0.5, 0.6) is 0 Å². The summed E-state index contributed by atoms with van der Waals surface area (Å²) in [6.07, 6.45) is 4.92. The van der Waals surface area contributed by atoms with Crippen LogP contribution in [0.3, 0.4) is 0 Å². The van der Waals surface area contributed by atoms with E-state index in [2.05, 4.69) is 36.0 Å². The molecule has 2 rings (SSSR count). The maximum Gasteiger partial charge on any atom is 0.0346 e. The number of aryl methyl sites for hydroxylation is 1. The molecule has 0 saturated carbocycles. The highest BCUT2D eigenvalue weighted by atomic mass is 15.2. The molecule has 0 unspecified atom stereocenters. The molecule has 0 atom stereocenters. The summed E-state index contributed by atoms with van der Waals surface area (Å²) in [4.78, 5) is 4.96. The van der Waals surface area contributed by atoms with Crippen molar-refractivity contribution < 1.29 is 0 Å². The average Bonchev–Trinajstić information content (AvgIpc) is 2.41. The molecule has 0 radical (unpaired) electrons. The number of nitrogen functional groups attached to an aromatic ring is 1. The minimum absolute atomic E-state index is 0.779. The van der Waals surface area contributed by atoms with Gasteiger partial charge in [-0.3, -0.25) is 0 Å². The van der Waals surface area contributed by atoms with Crippen LogP contribution in [0.2, 0.25) is 0 Å². The van der Waals surface area contributed by atoms with Crippen LogP contribution in [-0.2, 0) is 6.42 Å². The molecule has 1 fully saturated rings. The van der Waals surface area contributed by atoms with Crippen molar-refractivity contribution in [3.63, 3.8) is 0 Å². The van der Waals surface area contributed by atoms with E-state index < -0.39 is 0 Å². The van der Waals surface area contributed by atoms with Gasteiger partial charge in [0.15, 0.2) is 0 Å². The maximum atomic E-state index is 5.97. The smallest absolute Gasteiger partial charge is 0.0346 e. The fraction of sp³-hybridized carbons (Fsp3) is 0.625. The first kappa shape index (κ1) is 14.4. The van der Waals surface area contributed by atoms with E-state index in [1.54, 1.807) is 0 Å². The Labute approximate surface area is 117 Å². The Morgan fingerprint density at radius 2 is 1.89 bits per heavy atom. The van der Waals surface area contributed by atoms with Crippen molar-refractivity contribution in [2.24, 2.45) is 0 Å². The van der Waals surface area contributed by atoms with E-state index in [9.17, 15) is 0 Å². The number of rotatable bonds is 5. The summed E-state index contributed by atoms with van der Waals surface area (Å²) in [5.41, 5.74) is 8.21. The van der Waals surface area contributed by atoms with Crippen LogP contribution in [0.1, 0.15) is 24.8 Å². The second-order valence-electron chi connectivity index (χ2n) is 5.84. The Hall–Kier alpha value is -1.06. The zero-order chi connectivity index (χ0) is 13.7. The Bertz CT molecular complexity index is 381. The van der Waals surface area contributed by atoms with Gasteiger partial charge >= 0.3 is 0 Å². The van der Waals surface area contributed by atoms with Crippen molar-refractivity contribution in [2.75, 3.05) is 39.5 Å². The van der Waals surface area contributed by atoms with Gasteiger partial charge < -0.3 is 15.5 Å². The largest absolute Gasteiger partial charge is 0.399 e. The van der Waals surface area contributed by atoms with E-state index in [-0.39, 0.29) is 0 Å². The SMILES string of the molecule is CN(C)C1CCN(CCCc2ccccc2N)CC1. The molecule has 3 heteroatoms. The Balaban J connectivity index is 1.69. The van der Waals surface area contributed by atoms with E-state index in [4.69, 9.17) is 5.73 Å². The molecule has 0 amide bonds. The van der Waals surface area contributed by atoms with Gasteiger partial charge in [0.2, 0.25) is 0 Å². The highest BCUT2D eigenvalue weighted by molar-refractivity contribution is 5.46. The third-order valence-corrected chi connectivity index (χ3v) is 4.26. The van der Waals surface area contributed by atoms with Gasteiger partial charge in [-0.25, -0.2) is 0 Å². The third-order valence-electron chi connectivity index (χ3n) is 4.26. The zero-order valence-electron chi connectivity index (χ0n) is 12.3. The van der Waals surface area contributed by atoms with Crippen molar-refractivity contribution in [3.8, 4) is 0 Å². The Kier molecular flexibility index (Phi) is 5.23. The molecule has 19 heavy (non-hydrogen) atoms. The number of anilines is 1. The van der Waals surface area contributed by atoms with E-state index in [1.807, 2.05) is 12.1 Å². The monoisotopic (exact) mass is 261 g/mol. The minimum Gasteiger partial charge on any atom is -0.399 e. The van der Waals surface area contributed by atoms with Crippen LogP contribution in [0.25, 0.3) is 0 Å². The number of likely N-dealkylation sites (tertiary alicyclic amines) is 1. The lowest BCUT2D eigenvalue weighted by Gasteiger charge is -2.35. The van der Waals surface area contributed by atoms with Crippen molar-refractivity contribution in [1.29, 1.82) is 0 Å². The normalized spacial score (nSPS) is 18.1. The van der Waals surface area contributed by atoms with Crippen molar-refractivity contribution in [3.05, 3.63) is 29.8 Å². The standard InChI is InChI=1S/C16H27N3/c1-18(2)15-9-12-19(13-10-15)11-5-7-14-6-3-4-8-16(14)17/h3-4,6,8,15H,5,7,9-13,17H2,1-2H3. The van der Waals surface area contributed by atoms with Gasteiger partial charge in [0.05, 0.1) is 0 Å². The van der Waals surface area contributed by atoms with E-state index >= 15 is 0 Å². The highest BCUT2D eigenvalue weighted by Crippen LogP contribution is 2.16. The van der Waals surface area contributed by atoms with Crippen molar-refractivity contribution >= 4 is 5.69 Å². The lowest BCUT2D eigenvalue weighted by Crippen LogP contribution is -2.42. The quantitative estimate of drug-likeness (QED) is 0.825. The lowest BCUT2D eigenvalue weighted by molar-refractivity contribution is 0.144. The van der Waals surface area contributed by atoms with Crippen LogP contribution in [0, 0.1) is 0 Å². The summed E-state index contributed by atoms with van der Waals surface area (Å²) >= 11 is 0. The lowest BCUT2D eigenvalue weighted by atomic mass is 10.0.